The molecule has 33 heavy (non-hydrogen) atoms. The lowest BCUT2D eigenvalue weighted by Gasteiger charge is -2.04. The van der Waals surface area contributed by atoms with E-state index < -0.39 is 30.1 Å². The number of halogens is 5. The molecule has 1 aromatic carbocycles. The fourth-order valence-electron chi connectivity index (χ4n) is 3.12. The number of rotatable bonds is 8. The van der Waals surface area contributed by atoms with Gasteiger partial charge >= 0.3 is 0 Å². The van der Waals surface area contributed by atoms with Crippen molar-refractivity contribution in [2.24, 2.45) is 0 Å². The summed E-state index contributed by atoms with van der Waals surface area (Å²) in [4.78, 5) is 12.4. The maximum Gasteiger partial charge on any atom is 0.291 e. The molecule has 0 unspecified atom stereocenters. The van der Waals surface area contributed by atoms with Crippen LogP contribution in [0.15, 0.2) is 59.3 Å². The predicted molar refractivity (Wildman–Crippen MR) is 106 cm³/mol. The number of benzene rings is 1. The fraction of sp³-hybridized carbons (Fsp3) is 0.190. The molecule has 0 bridgehead atoms. The fourth-order valence-corrected chi connectivity index (χ4v) is 3.12. The molecular weight excluding hydrogens is 449 g/mol. The standard InChI is InChI=1S/C21H16F5N5O2/c22-13-3-1-2-12(6-13)9-30-10-14(8-27-30)28-21(32)18-5-4-15(33-18)11-31-17(20(25)26)7-16(29-31)19(23)24/h1-8,10,19-20H,9,11H2,(H,28,32). The number of furan rings is 1. The number of aromatic nitrogens is 4. The Bertz CT molecular complexity index is 1260. The van der Waals surface area contributed by atoms with Crippen LogP contribution < -0.4 is 5.32 Å². The summed E-state index contributed by atoms with van der Waals surface area (Å²) < 4.78 is 72.7. The number of carbonyl (C=O) groups is 1. The van der Waals surface area contributed by atoms with Crippen LogP contribution in [0.2, 0.25) is 0 Å². The Morgan fingerprint density at radius 1 is 1.06 bits per heavy atom. The van der Waals surface area contributed by atoms with Crippen LogP contribution in [0.3, 0.4) is 0 Å². The molecule has 0 atom stereocenters. The molecule has 1 N–H and O–H groups in total. The van der Waals surface area contributed by atoms with Crippen LogP contribution in [0.4, 0.5) is 27.6 Å². The lowest BCUT2D eigenvalue weighted by atomic mass is 10.2. The van der Waals surface area contributed by atoms with Gasteiger partial charge in [-0.3, -0.25) is 14.2 Å². The molecule has 7 nitrogen and oxygen atoms in total. The van der Waals surface area contributed by atoms with Gasteiger partial charge in [0.2, 0.25) is 0 Å². The van der Waals surface area contributed by atoms with Gasteiger partial charge in [-0.15, -0.1) is 0 Å². The quantitative estimate of drug-likeness (QED) is 0.370. The topological polar surface area (TPSA) is 77.9 Å². The minimum Gasteiger partial charge on any atom is -0.454 e. The van der Waals surface area contributed by atoms with Gasteiger partial charge in [0.05, 0.1) is 25.0 Å². The Morgan fingerprint density at radius 2 is 1.88 bits per heavy atom. The van der Waals surface area contributed by atoms with E-state index in [1.165, 1.54) is 41.3 Å². The van der Waals surface area contributed by atoms with Crippen molar-refractivity contribution in [1.82, 2.24) is 19.6 Å². The van der Waals surface area contributed by atoms with Crippen LogP contribution >= 0.6 is 0 Å². The normalized spacial score (nSPS) is 11.5. The largest absolute Gasteiger partial charge is 0.454 e. The summed E-state index contributed by atoms with van der Waals surface area (Å²) in [6.45, 7) is -0.0687. The number of anilines is 1. The second kappa shape index (κ2) is 9.27. The van der Waals surface area contributed by atoms with E-state index in [9.17, 15) is 26.7 Å². The Kier molecular flexibility index (Phi) is 6.24. The van der Waals surface area contributed by atoms with Crippen LogP contribution in [0.1, 0.15) is 46.1 Å². The summed E-state index contributed by atoms with van der Waals surface area (Å²) in [7, 11) is 0. The number of hydrogen-bond donors (Lipinski definition) is 1. The van der Waals surface area contributed by atoms with E-state index in [0.29, 0.717) is 22.0 Å². The molecular formula is C21H16F5N5O2. The first kappa shape index (κ1) is 22.2. The molecule has 0 spiro atoms. The number of hydrogen-bond acceptors (Lipinski definition) is 4. The Labute approximate surface area is 183 Å². The van der Waals surface area contributed by atoms with E-state index in [4.69, 9.17) is 4.42 Å². The molecule has 3 aromatic heterocycles. The third kappa shape index (κ3) is 5.27. The summed E-state index contributed by atoms with van der Waals surface area (Å²) in [6.07, 6.45) is -3.07. The third-order valence-corrected chi connectivity index (χ3v) is 4.59. The lowest BCUT2D eigenvalue weighted by molar-refractivity contribution is 0.0994. The Hall–Kier alpha value is -3.96. The van der Waals surface area contributed by atoms with Crippen LogP contribution in [-0.2, 0) is 13.1 Å². The molecule has 4 rings (SSSR count). The van der Waals surface area contributed by atoms with E-state index in [0.717, 1.165) is 0 Å². The first-order chi connectivity index (χ1) is 15.8. The molecule has 1 amide bonds. The van der Waals surface area contributed by atoms with Crippen molar-refractivity contribution in [2.75, 3.05) is 5.32 Å². The van der Waals surface area contributed by atoms with Gasteiger partial charge in [0.15, 0.2) is 5.76 Å². The smallest absolute Gasteiger partial charge is 0.291 e. The van der Waals surface area contributed by atoms with E-state index in [1.807, 2.05) is 0 Å². The maximum atomic E-state index is 13.3. The van der Waals surface area contributed by atoms with Crippen LogP contribution in [0.5, 0.6) is 0 Å². The molecule has 0 aliphatic rings. The van der Waals surface area contributed by atoms with E-state index in [2.05, 4.69) is 15.5 Å². The number of amides is 1. The van der Waals surface area contributed by atoms with Crippen LogP contribution in [-0.4, -0.2) is 25.5 Å². The SMILES string of the molecule is O=C(Nc1cnn(Cc2cccc(F)c2)c1)c1ccc(Cn2nc(C(F)F)cc2C(F)F)o1. The van der Waals surface area contributed by atoms with Gasteiger partial charge in [0.25, 0.3) is 18.8 Å². The molecule has 3 heterocycles. The van der Waals surface area contributed by atoms with Crippen molar-refractivity contribution in [3.8, 4) is 0 Å². The van der Waals surface area contributed by atoms with E-state index in [-0.39, 0.29) is 30.4 Å². The number of nitrogens with zero attached hydrogens (tertiary/aromatic N) is 4. The Morgan fingerprint density at radius 3 is 2.61 bits per heavy atom. The van der Waals surface area contributed by atoms with Crippen LogP contribution in [0.25, 0.3) is 0 Å². The second-order valence-electron chi connectivity index (χ2n) is 7.03. The highest BCUT2D eigenvalue weighted by atomic mass is 19.3. The summed E-state index contributed by atoms with van der Waals surface area (Å²) in [6, 6.07) is 9.32. The van der Waals surface area contributed by atoms with Crippen LogP contribution in [0, 0.1) is 5.82 Å². The molecule has 12 heteroatoms. The molecule has 0 saturated carbocycles. The monoisotopic (exact) mass is 465 g/mol. The van der Waals surface area contributed by atoms with Crippen molar-refractivity contribution in [1.29, 1.82) is 0 Å². The average molecular weight is 465 g/mol. The molecule has 0 saturated heterocycles. The zero-order valence-corrected chi connectivity index (χ0v) is 16.8. The highest BCUT2D eigenvalue weighted by molar-refractivity contribution is 6.02. The predicted octanol–water partition coefficient (Wildman–Crippen LogP) is 5.04. The molecule has 0 fully saturated rings. The van der Waals surface area contributed by atoms with Crippen molar-refractivity contribution < 1.29 is 31.2 Å². The minimum absolute atomic E-state index is 0.0766. The summed E-state index contributed by atoms with van der Waals surface area (Å²) in [5, 5.41) is 10.1. The number of carbonyl (C=O) groups excluding carboxylic acids is 1. The minimum atomic E-state index is -3.01. The van der Waals surface area contributed by atoms with Gasteiger partial charge in [0.1, 0.15) is 23.0 Å². The zero-order chi connectivity index (χ0) is 23.5. The molecule has 0 aliphatic heterocycles. The van der Waals surface area contributed by atoms with Crippen molar-refractivity contribution >= 4 is 11.6 Å². The van der Waals surface area contributed by atoms with Gasteiger partial charge in [-0.1, -0.05) is 12.1 Å². The summed E-state index contributed by atoms with van der Waals surface area (Å²) >= 11 is 0. The van der Waals surface area contributed by atoms with Crippen molar-refractivity contribution in [3.63, 3.8) is 0 Å². The first-order valence-corrected chi connectivity index (χ1v) is 9.59. The molecule has 172 valence electrons. The van der Waals surface area contributed by atoms with Crippen molar-refractivity contribution in [3.05, 3.63) is 89.1 Å². The number of nitrogens with one attached hydrogen (secondary N) is 1. The molecule has 0 radical (unpaired) electrons. The van der Waals surface area contributed by atoms with Crippen molar-refractivity contribution in [2.45, 2.75) is 25.9 Å². The average Bonchev–Trinajstić information content (AvgIpc) is 3.48. The Balaban J connectivity index is 1.41. The third-order valence-electron chi connectivity index (χ3n) is 4.59. The van der Waals surface area contributed by atoms with Gasteiger partial charge in [-0.25, -0.2) is 22.0 Å². The van der Waals surface area contributed by atoms with Gasteiger partial charge in [-0.05, 0) is 35.9 Å². The maximum absolute atomic E-state index is 13.3. The lowest BCUT2D eigenvalue weighted by Crippen LogP contribution is -2.10. The van der Waals surface area contributed by atoms with Gasteiger partial charge in [0, 0.05) is 6.20 Å². The number of alkyl halides is 4. The summed E-state index contributed by atoms with van der Waals surface area (Å²) in [5.41, 5.74) is -0.421. The van der Waals surface area contributed by atoms with E-state index in [1.54, 1.807) is 12.1 Å². The molecule has 0 aliphatic carbocycles. The van der Waals surface area contributed by atoms with Gasteiger partial charge in [-0.2, -0.15) is 10.2 Å². The highest BCUT2D eigenvalue weighted by Crippen LogP contribution is 2.26. The molecule has 4 aromatic rings. The first-order valence-electron chi connectivity index (χ1n) is 9.59. The summed E-state index contributed by atoms with van der Waals surface area (Å²) in [5.74, 6) is -1.05. The second-order valence-corrected chi connectivity index (χ2v) is 7.03. The zero-order valence-electron chi connectivity index (χ0n) is 16.8. The van der Waals surface area contributed by atoms with Gasteiger partial charge < -0.3 is 9.73 Å². The highest BCUT2D eigenvalue weighted by Gasteiger charge is 2.22. The van der Waals surface area contributed by atoms with E-state index >= 15 is 0 Å².